The number of nitrogens with one attached hydrogen (secondary N) is 1. The van der Waals surface area contributed by atoms with Crippen LogP contribution in [-0.4, -0.2) is 43.7 Å². The summed E-state index contributed by atoms with van der Waals surface area (Å²) in [5, 5.41) is 3.05. The molecule has 1 fully saturated rings. The van der Waals surface area contributed by atoms with Gasteiger partial charge in [-0.2, -0.15) is 0 Å². The second kappa shape index (κ2) is 8.13. The van der Waals surface area contributed by atoms with Crippen LogP contribution >= 0.6 is 0 Å². The van der Waals surface area contributed by atoms with E-state index < -0.39 is 0 Å². The maximum absolute atomic E-state index is 12.6. The first-order valence-corrected chi connectivity index (χ1v) is 9.18. The third kappa shape index (κ3) is 4.28. The SMILES string of the molecule is CCOc1ccc(N2CCN(C(=O)Nc3cc(C)ccc3C)CC2)cc1. The molecule has 5 nitrogen and oxygen atoms in total. The van der Waals surface area contributed by atoms with Crippen molar-refractivity contribution in [2.24, 2.45) is 0 Å². The van der Waals surface area contributed by atoms with Crippen molar-refractivity contribution in [3.8, 4) is 5.75 Å². The minimum atomic E-state index is -0.0231. The Morgan fingerprint density at radius 2 is 1.73 bits per heavy atom. The van der Waals surface area contributed by atoms with Crippen LogP contribution in [0.5, 0.6) is 5.75 Å². The minimum Gasteiger partial charge on any atom is -0.494 e. The van der Waals surface area contributed by atoms with E-state index in [-0.39, 0.29) is 6.03 Å². The first kappa shape index (κ1) is 18.1. The van der Waals surface area contributed by atoms with Crippen molar-refractivity contribution in [2.45, 2.75) is 20.8 Å². The maximum Gasteiger partial charge on any atom is 0.321 e. The summed E-state index contributed by atoms with van der Waals surface area (Å²) in [7, 11) is 0. The van der Waals surface area contributed by atoms with Gasteiger partial charge < -0.3 is 19.9 Å². The first-order chi connectivity index (χ1) is 12.6. The van der Waals surface area contributed by atoms with E-state index in [9.17, 15) is 4.79 Å². The number of piperazine rings is 1. The number of urea groups is 1. The molecule has 0 saturated carbocycles. The zero-order valence-corrected chi connectivity index (χ0v) is 15.8. The van der Waals surface area contributed by atoms with Crippen LogP contribution in [0.3, 0.4) is 0 Å². The summed E-state index contributed by atoms with van der Waals surface area (Å²) in [6, 6.07) is 14.2. The van der Waals surface area contributed by atoms with Gasteiger partial charge in [-0.15, -0.1) is 0 Å². The Hall–Kier alpha value is -2.69. The molecular weight excluding hydrogens is 326 g/mol. The molecule has 0 radical (unpaired) electrons. The number of hydrogen-bond acceptors (Lipinski definition) is 3. The lowest BCUT2D eigenvalue weighted by atomic mass is 10.1. The normalized spacial score (nSPS) is 14.3. The van der Waals surface area contributed by atoms with Crippen molar-refractivity contribution < 1.29 is 9.53 Å². The Balaban J connectivity index is 1.56. The van der Waals surface area contributed by atoms with E-state index in [0.717, 1.165) is 35.7 Å². The van der Waals surface area contributed by atoms with Crippen LogP contribution < -0.4 is 15.0 Å². The highest BCUT2D eigenvalue weighted by molar-refractivity contribution is 5.90. The molecule has 1 heterocycles. The Morgan fingerprint density at radius 1 is 1.04 bits per heavy atom. The fourth-order valence-electron chi connectivity index (χ4n) is 3.15. The summed E-state index contributed by atoms with van der Waals surface area (Å²) in [6.45, 7) is 9.78. The lowest BCUT2D eigenvalue weighted by Gasteiger charge is -2.36. The standard InChI is InChI=1S/C21H27N3O2/c1-4-26-19-9-7-18(8-10-19)23-11-13-24(14-12-23)21(25)22-20-15-16(2)5-6-17(20)3/h5-10,15H,4,11-14H2,1-3H3,(H,22,25). The molecule has 3 rings (SSSR count). The Bertz CT molecular complexity index is 750. The third-order valence-electron chi connectivity index (χ3n) is 4.71. The number of benzene rings is 2. The molecule has 5 heteroatoms. The number of aryl methyl sites for hydroxylation is 2. The van der Waals surface area contributed by atoms with Gasteiger partial charge in [0.1, 0.15) is 5.75 Å². The second-order valence-electron chi connectivity index (χ2n) is 6.65. The molecule has 26 heavy (non-hydrogen) atoms. The van der Waals surface area contributed by atoms with Crippen LogP contribution in [0.2, 0.25) is 0 Å². The van der Waals surface area contributed by atoms with Crippen molar-refractivity contribution in [3.63, 3.8) is 0 Å². The largest absolute Gasteiger partial charge is 0.494 e. The van der Waals surface area contributed by atoms with E-state index in [2.05, 4.69) is 28.4 Å². The van der Waals surface area contributed by atoms with E-state index in [4.69, 9.17) is 4.74 Å². The van der Waals surface area contributed by atoms with Gasteiger partial charge in [-0.25, -0.2) is 4.79 Å². The molecule has 0 bridgehead atoms. The molecule has 0 aliphatic carbocycles. The van der Waals surface area contributed by atoms with E-state index in [1.807, 2.05) is 49.9 Å². The molecule has 0 unspecified atom stereocenters. The second-order valence-corrected chi connectivity index (χ2v) is 6.65. The number of hydrogen-bond donors (Lipinski definition) is 1. The number of carbonyl (C=O) groups excluding carboxylic acids is 1. The average Bonchev–Trinajstić information content (AvgIpc) is 2.66. The van der Waals surface area contributed by atoms with Crippen LogP contribution in [-0.2, 0) is 0 Å². The fraction of sp³-hybridized carbons (Fsp3) is 0.381. The molecule has 1 N–H and O–H groups in total. The quantitative estimate of drug-likeness (QED) is 0.902. The first-order valence-electron chi connectivity index (χ1n) is 9.18. The fourth-order valence-corrected chi connectivity index (χ4v) is 3.15. The zero-order chi connectivity index (χ0) is 18.5. The van der Waals surface area contributed by atoms with Gasteiger partial charge in [0.05, 0.1) is 6.61 Å². The van der Waals surface area contributed by atoms with Gasteiger partial charge in [0.25, 0.3) is 0 Å². The molecule has 2 aromatic rings. The number of nitrogens with zero attached hydrogens (tertiary/aromatic N) is 2. The number of anilines is 2. The monoisotopic (exact) mass is 353 g/mol. The molecule has 0 spiro atoms. The molecule has 1 aliphatic rings. The van der Waals surface area contributed by atoms with Gasteiger partial charge >= 0.3 is 6.03 Å². The van der Waals surface area contributed by atoms with Crippen LogP contribution in [0.1, 0.15) is 18.1 Å². The highest BCUT2D eigenvalue weighted by Gasteiger charge is 2.21. The van der Waals surface area contributed by atoms with Gasteiger partial charge in [-0.3, -0.25) is 0 Å². The highest BCUT2D eigenvalue weighted by atomic mass is 16.5. The number of amides is 2. The third-order valence-corrected chi connectivity index (χ3v) is 4.71. The van der Waals surface area contributed by atoms with Gasteiger partial charge in [0.15, 0.2) is 0 Å². The van der Waals surface area contributed by atoms with Crippen molar-refractivity contribution in [1.29, 1.82) is 0 Å². The molecule has 2 aromatic carbocycles. The topological polar surface area (TPSA) is 44.8 Å². The summed E-state index contributed by atoms with van der Waals surface area (Å²) >= 11 is 0. The van der Waals surface area contributed by atoms with Crippen molar-refractivity contribution in [3.05, 3.63) is 53.6 Å². The predicted octanol–water partition coefficient (Wildman–Crippen LogP) is 4.06. The maximum atomic E-state index is 12.6. The molecule has 1 saturated heterocycles. The van der Waals surface area contributed by atoms with Crippen LogP contribution in [0.15, 0.2) is 42.5 Å². The van der Waals surface area contributed by atoms with Gasteiger partial charge in [-0.05, 0) is 62.2 Å². The number of carbonyl (C=O) groups is 1. The van der Waals surface area contributed by atoms with Gasteiger partial charge in [0, 0.05) is 37.6 Å². The molecule has 2 amide bonds. The molecule has 1 aliphatic heterocycles. The van der Waals surface area contributed by atoms with Gasteiger partial charge in [-0.1, -0.05) is 12.1 Å². The van der Waals surface area contributed by atoms with E-state index >= 15 is 0 Å². The predicted molar refractivity (Wildman–Crippen MR) is 106 cm³/mol. The van der Waals surface area contributed by atoms with Crippen LogP contribution in [0.4, 0.5) is 16.2 Å². The number of ether oxygens (including phenoxy) is 1. The molecular formula is C21H27N3O2. The Kier molecular flexibility index (Phi) is 5.66. The minimum absolute atomic E-state index is 0.0231. The Labute approximate surface area is 155 Å². The summed E-state index contributed by atoms with van der Waals surface area (Å²) in [6.07, 6.45) is 0. The zero-order valence-electron chi connectivity index (χ0n) is 15.8. The molecule has 138 valence electrons. The summed E-state index contributed by atoms with van der Waals surface area (Å²) in [5.74, 6) is 0.891. The number of rotatable bonds is 4. The van der Waals surface area contributed by atoms with Gasteiger partial charge in [0.2, 0.25) is 0 Å². The average molecular weight is 353 g/mol. The van der Waals surface area contributed by atoms with E-state index in [1.54, 1.807) is 0 Å². The molecule has 0 aromatic heterocycles. The van der Waals surface area contributed by atoms with E-state index in [1.165, 1.54) is 5.69 Å². The van der Waals surface area contributed by atoms with Crippen molar-refractivity contribution in [2.75, 3.05) is 43.0 Å². The lowest BCUT2D eigenvalue weighted by molar-refractivity contribution is 0.208. The van der Waals surface area contributed by atoms with Crippen LogP contribution in [0.25, 0.3) is 0 Å². The summed E-state index contributed by atoms with van der Waals surface area (Å²) < 4.78 is 5.49. The smallest absolute Gasteiger partial charge is 0.321 e. The molecule has 0 atom stereocenters. The summed E-state index contributed by atoms with van der Waals surface area (Å²) in [4.78, 5) is 16.8. The Morgan fingerprint density at radius 3 is 2.38 bits per heavy atom. The lowest BCUT2D eigenvalue weighted by Crippen LogP contribution is -2.50. The summed E-state index contributed by atoms with van der Waals surface area (Å²) in [5.41, 5.74) is 4.29. The highest BCUT2D eigenvalue weighted by Crippen LogP contribution is 2.22. The van der Waals surface area contributed by atoms with Crippen molar-refractivity contribution in [1.82, 2.24) is 4.90 Å². The van der Waals surface area contributed by atoms with Crippen molar-refractivity contribution >= 4 is 17.4 Å². The van der Waals surface area contributed by atoms with Crippen LogP contribution in [0, 0.1) is 13.8 Å². The van der Waals surface area contributed by atoms with E-state index in [0.29, 0.717) is 19.7 Å².